The van der Waals surface area contributed by atoms with Crippen LogP contribution in [-0.2, 0) is 4.74 Å². The summed E-state index contributed by atoms with van der Waals surface area (Å²) in [6.45, 7) is 2.96. The lowest BCUT2D eigenvalue weighted by Crippen LogP contribution is -2.14. The third-order valence-electron chi connectivity index (χ3n) is 3.07. The predicted molar refractivity (Wildman–Crippen MR) is 81.5 cm³/mol. The fourth-order valence-corrected chi connectivity index (χ4v) is 2.70. The number of hydrogen-bond donors (Lipinski definition) is 0. The van der Waals surface area contributed by atoms with Crippen LogP contribution >= 0.6 is 11.3 Å². The Hall–Kier alpha value is -2.54. The van der Waals surface area contributed by atoms with Gasteiger partial charge in [-0.1, -0.05) is 6.07 Å². The highest BCUT2D eigenvalue weighted by molar-refractivity contribution is 7.14. The number of carbonyl (C=O) groups is 2. The SMILES string of the molecule is Cc1ccc(C(=O)COC(=O)c2cccc([N+](=O)[O-])c2C)s1. The summed E-state index contributed by atoms with van der Waals surface area (Å²) in [5.41, 5.74) is 0.149. The number of Topliss-reactive ketones (excluding diaryl/α,β-unsaturated/α-hetero) is 1. The first-order chi connectivity index (χ1) is 10.4. The molecular weight excluding hydrogens is 306 g/mol. The van der Waals surface area contributed by atoms with E-state index in [0.29, 0.717) is 4.88 Å². The number of carbonyl (C=O) groups excluding carboxylic acids is 2. The summed E-state index contributed by atoms with van der Waals surface area (Å²) in [4.78, 5) is 35.7. The van der Waals surface area contributed by atoms with E-state index >= 15 is 0 Å². The van der Waals surface area contributed by atoms with Crippen LogP contribution in [0.1, 0.15) is 30.5 Å². The lowest BCUT2D eigenvalue weighted by atomic mass is 10.1. The number of ketones is 1. The minimum atomic E-state index is -0.747. The van der Waals surface area contributed by atoms with Gasteiger partial charge in [0.15, 0.2) is 6.61 Å². The summed E-state index contributed by atoms with van der Waals surface area (Å²) in [5, 5.41) is 10.9. The van der Waals surface area contributed by atoms with Crippen molar-refractivity contribution in [3.05, 3.63) is 61.3 Å². The summed E-state index contributed by atoms with van der Waals surface area (Å²) in [7, 11) is 0. The lowest BCUT2D eigenvalue weighted by molar-refractivity contribution is -0.385. The van der Waals surface area contributed by atoms with Crippen molar-refractivity contribution in [2.75, 3.05) is 6.61 Å². The molecular formula is C15H13NO5S. The molecule has 0 radical (unpaired) electrons. The van der Waals surface area contributed by atoms with Gasteiger partial charge in [0.25, 0.3) is 5.69 Å². The second-order valence-corrected chi connectivity index (χ2v) is 5.90. The van der Waals surface area contributed by atoms with Gasteiger partial charge >= 0.3 is 5.97 Å². The number of thiophene rings is 1. The molecule has 114 valence electrons. The van der Waals surface area contributed by atoms with Gasteiger partial charge in [-0.05, 0) is 32.0 Å². The summed E-state index contributed by atoms with van der Waals surface area (Å²) in [6.07, 6.45) is 0. The summed E-state index contributed by atoms with van der Waals surface area (Å²) < 4.78 is 4.96. The van der Waals surface area contributed by atoms with E-state index in [1.807, 2.05) is 13.0 Å². The zero-order chi connectivity index (χ0) is 16.3. The Labute approximate surface area is 130 Å². The van der Waals surface area contributed by atoms with E-state index in [1.165, 1.54) is 36.5 Å². The fourth-order valence-electron chi connectivity index (χ4n) is 1.91. The third-order valence-corrected chi connectivity index (χ3v) is 4.11. The molecule has 0 saturated carbocycles. The maximum absolute atomic E-state index is 12.0. The number of benzene rings is 1. The number of nitro groups is 1. The topological polar surface area (TPSA) is 86.5 Å². The largest absolute Gasteiger partial charge is 0.454 e. The predicted octanol–water partition coefficient (Wildman–Crippen LogP) is 3.31. The third kappa shape index (κ3) is 3.37. The average Bonchev–Trinajstić information content (AvgIpc) is 2.91. The molecule has 0 saturated heterocycles. The normalized spacial score (nSPS) is 10.3. The number of ether oxygens (including phenoxy) is 1. The molecule has 0 amide bonds. The van der Waals surface area contributed by atoms with Crippen molar-refractivity contribution in [1.82, 2.24) is 0 Å². The Balaban J connectivity index is 2.08. The minimum absolute atomic E-state index is 0.0874. The van der Waals surface area contributed by atoms with Crippen LogP contribution in [0.2, 0.25) is 0 Å². The Morgan fingerprint density at radius 1 is 1.23 bits per heavy atom. The van der Waals surface area contributed by atoms with Gasteiger partial charge in [0.2, 0.25) is 5.78 Å². The van der Waals surface area contributed by atoms with E-state index < -0.39 is 10.9 Å². The van der Waals surface area contributed by atoms with Crippen molar-refractivity contribution < 1.29 is 19.2 Å². The molecule has 0 N–H and O–H groups in total. The minimum Gasteiger partial charge on any atom is -0.454 e. The quantitative estimate of drug-likeness (QED) is 0.365. The first-order valence-corrected chi connectivity index (χ1v) is 7.22. The molecule has 1 aromatic heterocycles. The maximum atomic E-state index is 12.0. The number of aryl methyl sites for hydroxylation is 1. The molecule has 0 fully saturated rings. The van der Waals surface area contributed by atoms with Crippen molar-refractivity contribution in [3.8, 4) is 0 Å². The molecule has 6 nitrogen and oxygen atoms in total. The summed E-state index contributed by atoms with van der Waals surface area (Å²) in [6, 6.07) is 7.64. The molecule has 2 rings (SSSR count). The van der Waals surface area contributed by atoms with Crippen molar-refractivity contribution in [1.29, 1.82) is 0 Å². The number of hydrogen-bond acceptors (Lipinski definition) is 6. The monoisotopic (exact) mass is 319 g/mol. The van der Waals surface area contributed by atoms with E-state index in [0.717, 1.165) is 4.88 Å². The molecule has 1 aromatic carbocycles. The van der Waals surface area contributed by atoms with Crippen LogP contribution in [-0.4, -0.2) is 23.3 Å². The zero-order valence-electron chi connectivity index (χ0n) is 12.0. The van der Waals surface area contributed by atoms with E-state index in [2.05, 4.69) is 0 Å². The van der Waals surface area contributed by atoms with Gasteiger partial charge in [0.05, 0.1) is 15.4 Å². The van der Waals surface area contributed by atoms with Crippen LogP contribution in [0, 0.1) is 24.0 Å². The van der Waals surface area contributed by atoms with Crippen LogP contribution < -0.4 is 0 Å². The van der Waals surface area contributed by atoms with Crippen molar-refractivity contribution in [2.24, 2.45) is 0 Å². The van der Waals surface area contributed by atoms with E-state index in [4.69, 9.17) is 4.74 Å². The molecule has 0 atom stereocenters. The average molecular weight is 319 g/mol. The molecule has 2 aromatic rings. The number of nitrogens with zero attached hydrogens (tertiary/aromatic N) is 1. The highest BCUT2D eigenvalue weighted by Gasteiger charge is 2.20. The molecule has 1 heterocycles. The van der Waals surface area contributed by atoms with Gasteiger partial charge in [-0.3, -0.25) is 14.9 Å². The Bertz CT molecular complexity index is 750. The van der Waals surface area contributed by atoms with Gasteiger partial charge in [-0.25, -0.2) is 4.79 Å². The number of esters is 1. The Kier molecular flexibility index (Phi) is 4.67. The van der Waals surface area contributed by atoms with Gasteiger partial charge in [-0.2, -0.15) is 0 Å². The van der Waals surface area contributed by atoms with Gasteiger partial charge in [0, 0.05) is 16.5 Å². The van der Waals surface area contributed by atoms with Crippen LogP contribution in [0.25, 0.3) is 0 Å². The standard InChI is InChI=1S/C15H13NO5S/c1-9-6-7-14(22-9)13(17)8-21-15(18)11-4-3-5-12(10(11)2)16(19)20/h3-7H,8H2,1-2H3. The number of rotatable bonds is 5. The fraction of sp³-hybridized carbons (Fsp3) is 0.200. The van der Waals surface area contributed by atoms with Crippen molar-refractivity contribution in [2.45, 2.75) is 13.8 Å². The second kappa shape index (κ2) is 6.48. The lowest BCUT2D eigenvalue weighted by Gasteiger charge is -2.06. The summed E-state index contributed by atoms with van der Waals surface area (Å²) in [5.74, 6) is -1.04. The number of nitro benzene ring substituents is 1. The van der Waals surface area contributed by atoms with Crippen molar-refractivity contribution in [3.63, 3.8) is 0 Å². The maximum Gasteiger partial charge on any atom is 0.339 e. The smallest absolute Gasteiger partial charge is 0.339 e. The highest BCUT2D eigenvalue weighted by Crippen LogP contribution is 2.22. The second-order valence-electron chi connectivity index (χ2n) is 4.62. The summed E-state index contributed by atoms with van der Waals surface area (Å²) >= 11 is 1.32. The van der Waals surface area contributed by atoms with E-state index in [9.17, 15) is 19.7 Å². The molecule has 0 spiro atoms. The zero-order valence-corrected chi connectivity index (χ0v) is 12.8. The molecule has 0 unspecified atom stereocenters. The highest BCUT2D eigenvalue weighted by atomic mass is 32.1. The van der Waals surface area contributed by atoms with Crippen LogP contribution in [0.4, 0.5) is 5.69 Å². The van der Waals surface area contributed by atoms with E-state index in [-0.39, 0.29) is 29.2 Å². The van der Waals surface area contributed by atoms with Gasteiger partial charge < -0.3 is 4.74 Å². The Morgan fingerprint density at radius 3 is 2.55 bits per heavy atom. The first kappa shape index (κ1) is 15.8. The van der Waals surface area contributed by atoms with Crippen molar-refractivity contribution >= 4 is 28.8 Å². The molecule has 0 aliphatic heterocycles. The Morgan fingerprint density at radius 2 is 1.95 bits per heavy atom. The molecule has 0 bridgehead atoms. The molecule has 7 heteroatoms. The van der Waals surface area contributed by atoms with Gasteiger partial charge in [0.1, 0.15) is 0 Å². The first-order valence-electron chi connectivity index (χ1n) is 6.41. The van der Waals surface area contributed by atoms with Crippen LogP contribution in [0.15, 0.2) is 30.3 Å². The van der Waals surface area contributed by atoms with E-state index in [1.54, 1.807) is 6.07 Å². The molecule has 0 aliphatic carbocycles. The molecule has 22 heavy (non-hydrogen) atoms. The van der Waals surface area contributed by atoms with Crippen LogP contribution in [0.3, 0.4) is 0 Å². The molecule has 0 aliphatic rings. The van der Waals surface area contributed by atoms with Crippen LogP contribution in [0.5, 0.6) is 0 Å². The van der Waals surface area contributed by atoms with Gasteiger partial charge in [-0.15, -0.1) is 11.3 Å².